The summed E-state index contributed by atoms with van der Waals surface area (Å²) >= 11 is 6.94. The number of hydrogen-bond acceptors (Lipinski definition) is 6. The second kappa shape index (κ2) is 9.43. The van der Waals surface area contributed by atoms with Crippen LogP contribution in [0.3, 0.4) is 0 Å². The Kier molecular flexibility index (Phi) is 6.72. The molecule has 142 valence electrons. The van der Waals surface area contributed by atoms with E-state index in [0.717, 1.165) is 25.8 Å². The summed E-state index contributed by atoms with van der Waals surface area (Å²) in [5.41, 5.74) is 4.57. The van der Waals surface area contributed by atoms with E-state index in [4.69, 9.17) is 4.74 Å². The lowest BCUT2D eigenvalue weighted by molar-refractivity contribution is -0.385. The zero-order valence-electron chi connectivity index (χ0n) is 14.4. The quantitative estimate of drug-likeness (QED) is 0.258. The standard InChI is InChI=1S/C19H14Br2N4O3/c20-15-4-3-14(18(21)9-15)12-28-17-6-1-13(2-7-17)10-23-24-19-8-5-16(11-22-19)25(26)27/h1-11H,12H2,(H,22,24)/b23-10-. The Bertz CT molecular complexity index is 993. The van der Waals surface area contributed by atoms with Crippen LogP contribution in [0.25, 0.3) is 0 Å². The predicted molar refractivity (Wildman–Crippen MR) is 115 cm³/mol. The summed E-state index contributed by atoms with van der Waals surface area (Å²) in [4.78, 5) is 14.0. The maximum Gasteiger partial charge on any atom is 0.287 e. The molecule has 1 aromatic heterocycles. The number of hydrazone groups is 1. The van der Waals surface area contributed by atoms with Crippen LogP contribution < -0.4 is 10.2 Å². The molecule has 3 rings (SSSR count). The average molecular weight is 506 g/mol. The van der Waals surface area contributed by atoms with Gasteiger partial charge < -0.3 is 4.74 Å². The predicted octanol–water partition coefficient (Wildman–Crippen LogP) is 5.54. The minimum atomic E-state index is -0.501. The smallest absolute Gasteiger partial charge is 0.287 e. The molecular weight excluding hydrogens is 492 g/mol. The van der Waals surface area contributed by atoms with Crippen LogP contribution in [0.1, 0.15) is 11.1 Å². The minimum Gasteiger partial charge on any atom is -0.489 e. The maximum absolute atomic E-state index is 10.6. The average Bonchev–Trinajstić information content (AvgIpc) is 2.69. The molecule has 1 heterocycles. The third-order valence-corrected chi connectivity index (χ3v) is 4.87. The van der Waals surface area contributed by atoms with Crippen molar-refractivity contribution in [2.24, 2.45) is 5.10 Å². The number of anilines is 1. The van der Waals surface area contributed by atoms with Gasteiger partial charge in [0.05, 0.1) is 11.1 Å². The van der Waals surface area contributed by atoms with Gasteiger partial charge in [0, 0.05) is 20.6 Å². The van der Waals surface area contributed by atoms with E-state index in [2.05, 4.69) is 47.4 Å². The highest BCUT2D eigenvalue weighted by Crippen LogP contribution is 2.23. The van der Waals surface area contributed by atoms with Crippen LogP contribution in [0, 0.1) is 10.1 Å². The topological polar surface area (TPSA) is 89.7 Å². The molecule has 3 aromatic rings. The molecule has 0 aliphatic carbocycles. The number of nitro groups is 1. The number of nitrogens with zero attached hydrogens (tertiary/aromatic N) is 3. The normalized spacial score (nSPS) is 10.8. The molecule has 0 unspecified atom stereocenters. The summed E-state index contributed by atoms with van der Waals surface area (Å²) in [6, 6.07) is 16.3. The monoisotopic (exact) mass is 504 g/mol. The van der Waals surface area contributed by atoms with Gasteiger partial charge in [0.15, 0.2) is 0 Å². The fourth-order valence-electron chi connectivity index (χ4n) is 2.18. The zero-order valence-corrected chi connectivity index (χ0v) is 17.6. The van der Waals surface area contributed by atoms with Gasteiger partial charge in [-0.2, -0.15) is 5.10 Å². The fraction of sp³-hybridized carbons (Fsp3) is 0.0526. The second-order valence-corrected chi connectivity index (χ2v) is 7.39. The van der Waals surface area contributed by atoms with Crippen molar-refractivity contribution in [1.82, 2.24) is 4.98 Å². The number of halogens is 2. The molecule has 0 aliphatic rings. The van der Waals surface area contributed by atoms with Crippen LogP contribution in [0.2, 0.25) is 0 Å². The first-order valence-electron chi connectivity index (χ1n) is 8.07. The summed E-state index contributed by atoms with van der Waals surface area (Å²) in [5.74, 6) is 1.17. The van der Waals surface area contributed by atoms with Gasteiger partial charge >= 0.3 is 0 Å². The lowest BCUT2D eigenvalue weighted by atomic mass is 10.2. The van der Waals surface area contributed by atoms with E-state index in [9.17, 15) is 10.1 Å². The van der Waals surface area contributed by atoms with Gasteiger partial charge in [-0.15, -0.1) is 0 Å². The van der Waals surface area contributed by atoms with E-state index in [1.165, 1.54) is 18.3 Å². The van der Waals surface area contributed by atoms with Crippen LogP contribution in [-0.2, 0) is 6.61 Å². The highest BCUT2D eigenvalue weighted by Gasteiger charge is 2.04. The summed E-state index contributed by atoms with van der Waals surface area (Å²) < 4.78 is 7.79. The minimum absolute atomic E-state index is 0.0692. The van der Waals surface area contributed by atoms with Crippen molar-refractivity contribution in [3.05, 3.63) is 91.0 Å². The Hall–Kier alpha value is -2.78. The van der Waals surface area contributed by atoms with Crippen LogP contribution in [0.5, 0.6) is 5.75 Å². The zero-order chi connectivity index (χ0) is 19.9. The van der Waals surface area contributed by atoms with E-state index < -0.39 is 4.92 Å². The van der Waals surface area contributed by atoms with E-state index >= 15 is 0 Å². The van der Waals surface area contributed by atoms with Gasteiger partial charge in [0.1, 0.15) is 24.4 Å². The molecule has 0 amide bonds. The Labute approximate surface area is 177 Å². The number of nitrogens with one attached hydrogen (secondary N) is 1. The Morgan fingerprint density at radius 1 is 1.14 bits per heavy atom. The number of hydrogen-bond donors (Lipinski definition) is 1. The van der Waals surface area contributed by atoms with Crippen molar-refractivity contribution < 1.29 is 9.66 Å². The van der Waals surface area contributed by atoms with Crippen molar-refractivity contribution in [1.29, 1.82) is 0 Å². The number of aromatic nitrogens is 1. The van der Waals surface area contributed by atoms with Gasteiger partial charge in [0.25, 0.3) is 5.69 Å². The lowest BCUT2D eigenvalue weighted by Crippen LogP contribution is -1.97. The van der Waals surface area contributed by atoms with Crippen LogP contribution >= 0.6 is 31.9 Å². The third-order valence-electron chi connectivity index (χ3n) is 3.64. The molecule has 1 N–H and O–H groups in total. The van der Waals surface area contributed by atoms with E-state index in [-0.39, 0.29) is 5.69 Å². The fourth-order valence-corrected chi connectivity index (χ4v) is 3.34. The van der Waals surface area contributed by atoms with Gasteiger partial charge in [-0.05, 0) is 48.0 Å². The molecular formula is C19H14Br2N4O3. The molecule has 9 heteroatoms. The van der Waals surface area contributed by atoms with Crippen LogP contribution in [-0.4, -0.2) is 16.1 Å². The molecule has 28 heavy (non-hydrogen) atoms. The van der Waals surface area contributed by atoms with Gasteiger partial charge in [-0.25, -0.2) is 4.98 Å². The molecule has 2 aromatic carbocycles. The molecule has 7 nitrogen and oxygen atoms in total. The molecule has 0 atom stereocenters. The van der Waals surface area contributed by atoms with Crippen molar-refractivity contribution in [2.75, 3.05) is 5.43 Å². The summed E-state index contributed by atoms with van der Waals surface area (Å²) in [6.07, 6.45) is 2.80. The molecule has 0 bridgehead atoms. The van der Waals surface area contributed by atoms with Crippen molar-refractivity contribution in [3.8, 4) is 5.75 Å². The molecule has 0 radical (unpaired) electrons. The van der Waals surface area contributed by atoms with Crippen molar-refractivity contribution in [2.45, 2.75) is 6.61 Å². The molecule has 0 saturated carbocycles. The van der Waals surface area contributed by atoms with Gasteiger partial charge in [0.2, 0.25) is 0 Å². The van der Waals surface area contributed by atoms with E-state index in [1.807, 2.05) is 42.5 Å². The maximum atomic E-state index is 10.6. The molecule has 0 fully saturated rings. The Balaban J connectivity index is 1.53. The lowest BCUT2D eigenvalue weighted by Gasteiger charge is -2.08. The number of benzene rings is 2. The van der Waals surface area contributed by atoms with Crippen LogP contribution in [0.4, 0.5) is 11.5 Å². The number of pyridine rings is 1. The second-order valence-electron chi connectivity index (χ2n) is 5.62. The van der Waals surface area contributed by atoms with Crippen molar-refractivity contribution in [3.63, 3.8) is 0 Å². The van der Waals surface area contributed by atoms with Gasteiger partial charge in [-0.1, -0.05) is 37.9 Å². The number of ether oxygens (including phenoxy) is 1. The first kappa shape index (κ1) is 20.0. The summed E-state index contributed by atoms with van der Waals surface area (Å²) in [6.45, 7) is 0.453. The SMILES string of the molecule is O=[N+]([O-])c1ccc(N/N=C\c2ccc(OCc3ccc(Br)cc3Br)cc2)nc1. The Morgan fingerprint density at radius 2 is 1.93 bits per heavy atom. The highest BCUT2D eigenvalue weighted by atomic mass is 79.9. The summed E-state index contributed by atoms with van der Waals surface area (Å²) in [7, 11) is 0. The molecule has 0 aliphatic heterocycles. The first-order valence-corrected chi connectivity index (χ1v) is 9.66. The van der Waals surface area contributed by atoms with Crippen molar-refractivity contribution >= 4 is 49.6 Å². The molecule has 0 saturated heterocycles. The first-order chi connectivity index (χ1) is 13.5. The summed E-state index contributed by atoms with van der Waals surface area (Å²) in [5, 5.41) is 14.7. The van der Waals surface area contributed by atoms with E-state index in [1.54, 1.807) is 6.21 Å². The van der Waals surface area contributed by atoms with Gasteiger partial charge in [-0.3, -0.25) is 15.5 Å². The van der Waals surface area contributed by atoms with Crippen LogP contribution in [0.15, 0.2) is 74.8 Å². The number of rotatable bonds is 7. The largest absolute Gasteiger partial charge is 0.489 e. The Morgan fingerprint density at radius 3 is 2.57 bits per heavy atom. The van der Waals surface area contributed by atoms with E-state index in [0.29, 0.717) is 12.4 Å². The molecule has 0 spiro atoms. The third kappa shape index (κ3) is 5.61. The highest BCUT2D eigenvalue weighted by molar-refractivity contribution is 9.11.